The normalized spacial score (nSPS) is 34.3. The van der Waals surface area contributed by atoms with Crippen LogP contribution in [0.25, 0.3) is 0 Å². The van der Waals surface area contributed by atoms with Crippen molar-refractivity contribution >= 4 is 17.5 Å². The molecule has 0 heterocycles. The third-order valence-electron chi connectivity index (χ3n) is 9.56. The standard InChI is InChI=1S/C29H42O4/c1-17(2)22-16-24(30)19(4)20(21(22)10-13-27(32)33)9-11-23-18(3)8-12-25-28(5,6)26(31)14-15-29(23,25)7/h21-23,25H,1,3,8-16H2,2,4-7H3,(H,32,33)/t21-,22+,23+,25+,29-/m1/s1. The number of carbonyl (C=O) groups is 3. The van der Waals surface area contributed by atoms with Gasteiger partial charge in [-0.15, -0.1) is 0 Å². The van der Waals surface area contributed by atoms with E-state index in [1.807, 2.05) is 13.8 Å². The first-order valence-corrected chi connectivity index (χ1v) is 12.6. The number of carbonyl (C=O) groups excluding carboxylic acids is 2. The number of Topliss-reactive ketones (excluding diaryl/α,β-unsaturated/α-hetero) is 2. The van der Waals surface area contributed by atoms with Crippen molar-refractivity contribution in [1.82, 2.24) is 0 Å². The number of aliphatic carboxylic acids is 1. The molecule has 0 amide bonds. The van der Waals surface area contributed by atoms with Gasteiger partial charge in [0.1, 0.15) is 5.78 Å². The number of carboxylic acid groups (broad SMARTS) is 1. The van der Waals surface area contributed by atoms with Crippen LogP contribution >= 0.6 is 0 Å². The second kappa shape index (κ2) is 9.35. The van der Waals surface area contributed by atoms with Gasteiger partial charge in [-0.2, -0.15) is 0 Å². The molecule has 2 fully saturated rings. The minimum Gasteiger partial charge on any atom is -0.481 e. The summed E-state index contributed by atoms with van der Waals surface area (Å²) in [6, 6.07) is 0. The van der Waals surface area contributed by atoms with Crippen LogP contribution in [-0.4, -0.2) is 22.6 Å². The van der Waals surface area contributed by atoms with Crippen molar-refractivity contribution in [2.45, 2.75) is 92.4 Å². The zero-order chi connectivity index (χ0) is 24.7. The predicted molar refractivity (Wildman–Crippen MR) is 132 cm³/mol. The van der Waals surface area contributed by atoms with Crippen molar-refractivity contribution < 1.29 is 19.5 Å². The third-order valence-corrected chi connectivity index (χ3v) is 9.56. The number of fused-ring (bicyclic) bond motifs is 1. The molecular formula is C29H42O4. The van der Waals surface area contributed by atoms with Crippen LogP contribution in [0.1, 0.15) is 92.4 Å². The fraction of sp³-hybridized carbons (Fsp3) is 0.690. The Morgan fingerprint density at radius 2 is 1.82 bits per heavy atom. The molecule has 0 radical (unpaired) electrons. The van der Waals surface area contributed by atoms with Crippen LogP contribution in [0, 0.1) is 34.5 Å². The van der Waals surface area contributed by atoms with Crippen LogP contribution < -0.4 is 0 Å². The molecule has 0 aromatic rings. The summed E-state index contributed by atoms with van der Waals surface area (Å²) in [5, 5.41) is 9.33. The SMILES string of the molecule is C=C(C)[C@@H]1CC(=O)C(C)=C(CC[C@H]2C(=C)CC[C@H]3C(C)(C)C(=O)CC[C@]23C)[C@H]1CCC(=O)O. The van der Waals surface area contributed by atoms with Gasteiger partial charge in [-0.05, 0) is 87.0 Å². The molecule has 3 aliphatic rings. The van der Waals surface area contributed by atoms with Gasteiger partial charge in [0.2, 0.25) is 0 Å². The highest BCUT2D eigenvalue weighted by Crippen LogP contribution is 2.61. The molecule has 0 aromatic carbocycles. The zero-order valence-electron chi connectivity index (χ0n) is 21.3. The largest absolute Gasteiger partial charge is 0.481 e. The van der Waals surface area contributed by atoms with Gasteiger partial charge in [-0.25, -0.2) is 0 Å². The number of hydrogen-bond acceptors (Lipinski definition) is 3. The van der Waals surface area contributed by atoms with Crippen molar-refractivity contribution in [3.8, 4) is 0 Å². The molecular weight excluding hydrogens is 412 g/mol. The number of ketones is 2. The minimum atomic E-state index is -0.797. The van der Waals surface area contributed by atoms with E-state index in [2.05, 4.69) is 33.9 Å². The summed E-state index contributed by atoms with van der Waals surface area (Å²) in [5.74, 6) is 0.474. The molecule has 3 rings (SSSR count). The van der Waals surface area contributed by atoms with E-state index in [1.54, 1.807) is 0 Å². The fourth-order valence-electron chi connectivity index (χ4n) is 7.55. The van der Waals surface area contributed by atoms with Gasteiger partial charge in [0, 0.05) is 24.7 Å². The Hall–Kier alpha value is -1.97. The van der Waals surface area contributed by atoms with Gasteiger partial charge in [-0.1, -0.05) is 50.6 Å². The van der Waals surface area contributed by atoms with Crippen molar-refractivity contribution in [3.63, 3.8) is 0 Å². The lowest BCUT2D eigenvalue weighted by Crippen LogP contribution is -2.53. The topological polar surface area (TPSA) is 71.4 Å². The zero-order valence-corrected chi connectivity index (χ0v) is 21.3. The maximum absolute atomic E-state index is 12.9. The van der Waals surface area contributed by atoms with Gasteiger partial charge in [0.05, 0.1) is 0 Å². The van der Waals surface area contributed by atoms with Gasteiger partial charge in [-0.3, -0.25) is 14.4 Å². The van der Waals surface area contributed by atoms with Gasteiger partial charge < -0.3 is 5.11 Å². The van der Waals surface area contributed by atoms with Crippen LogP contribution in [-0.2, 0) is 14.4 Å². The highest BCUT2D eigenvalue weighted by Gasteiger charge is 2.55. The molecule has 3 aliphatic carbocycles. The van der Waals surface area contributed by atoms with Crippen LogP contribution in [0.2, 0.25) is 0 Å². The molecule has 4 nitrogen and oxygen atoms in total. The van der Waals surface area contributed by atoms with Gasteiger partial charge in [0.15, 0.2) is 5.78 Å². The summed E-state index contributed by atoms with van der Waals surface area (Å²) in [6.45, 7) is 19.1. The highest BCUT2D eigenvalue weighted by molar-refractivity contribution is 5.97. The third kappa shape index (κ3) is 4.68. The van der Waals surface area contributed by atoms with E-state index in [0.29, 0.717) is 36.9 Å². The van der Waals surface area contributed by atoms with E-state index in [1.165, 1.54) is 5.57 Å². The highest BCUT2D eigenvalue weighted by atomic mass is 16.4. The molecule has 1 N–H and O–H groups in total. The minimum absolute atomic E-state index is 0.0136. The van der Waals surface area contributed by atoms with Gasteiger partial charge >= 0.3 is 5.97 Å². The molecule has 0 aromatic heterocycles. The average molecular weight is 455 g/mol. The summed E-state index contributed by atoms with van der Waals surface area (Å²) in [6.07, 6.45) is 6.26. The number of hydrogen-bond donors (Lipinski definition) is 1. The Balaban J connectivity index is 1.90. The quantitative estimate of drug-likeness (QED) is 0.434. The molecule has 182 valence electrons. The van der Waals surface area contributed by atoms with E-state index in [0.717, 1.165) is 48.8 Å². The second-order valence-electron chi connectivity index (χ2n) is 11.8. The molecule has 2 saturated carbocycles. The molecule has 0 saturated heterocycles. The maximum Gasteiger partial charge on any atom is 0.303 e. The lowest BCUT2D eigenvalue weighted by Gasteiger charge is -2.57. The average Bonchev–Trinajstić information content (AvgIpc) is 2.72. The Bertz CT molecular complexity index is 905. The van der Waals surface area contributed by atoms with E-state index in [4.69, 9.17) is 0 Å². The van der Waals surface area contributed by atoms with E-state index < -0.39 is 5.97 Å². The van der Waals surface area contributed by atoms with E-state index >= 15 is 0 Å². The van der Waals surface area contributed by atoms with Crippen LogP contribution in [0.4, 0.5) is 0 Å². The summed E-state index contributed by atoms with van der Waals surface area (Å²) in [5.41, 5.74) is 3.92. The number of carboxylic acids is 1. The number of allylic oxidation sites excluding steroid dienone is 4. The van der Waals surface area contributed by atoms with Gasteiger partial charge in [0.25, 0.3) is 0 Å². The monoisotopic (exact) mass is 454 g/mol. The summed E-state index contributed by atoms with van der Waals surface area (Å²) in [7, 11) is 0. The van der Waals surface area contributed by atoms with Crippen molar-refractivity contribution in [2.24, 2.45) is 34.5 Å². The molecule has 0 aliphatic heterocycles. The summed E-state index contributed by atoms with van der Waals surface area (Å²) in [4.78, 5) is 37.0. The lowest BCUT2D eigenvalue weighted by atomic mass is 9.46. The van der Waals surface area contributed by atoms with E-state index in [9.17, 15) is 19.5 Å². The molecule has 0 unspecified atom stereocenters. The Labute approximate surface area is 199 Å². The molecule has 5 atom stereocenters. The maximum atomic E-state index is 12.9. The smallest absolute Gasteiger partial charge is 0.303 e. The Kier molecular flexibility index (Phi) is 7.27. The fourth-order valence-corrected chi connectivity index (χ4v) is 7.55. The Morgan fingerprint density at radius 3 is 2.42 bits per heavy atom. The van der Waals surface area contributed by atoms with Crippen molar-refractivity contribution in [3.05, 3.63) is 35.5 Å². The number of rotatable bonds is 7. The van der Waals surface area contributed by atoms with Crippen molar-refractivity contribution in [2.75, 3.05) is 0 Å². The first-order chi connectivity index (χ1) is 15.3. The molecule has 33 heavy (non-hydrogen) atoms. The Morgan fingerprint density at radius 1 is 1.15 bits per heavy atom. The van der Waals surface area contributed by atoms with E-state index in [-0.39, 0.29) is 34.9 Å². The van der Waals surface area contributed by atoms with Crippen LogP contribution in [0.5, 0.6) is 0 Å². The van der Waals surface area contributed by atoms with Crippen LogP contribution in [0.3, 0.4) is 0 Å². The summed E-state index contributed by atoms with van der Waals surface area (Å²) < 4.78 is 0. The predicted octanol–water partition coefficient (Wildman–Crippen LogP) is 6.71. The first kappa shape index (κ1) is 25.6. The summed E-state index contributed by atoms with van der Waals surface area (Å²) >= 11 is 0. The molecule has 4 heteroatoms. The molecule has 0 spiro atoms. The lowest BCUT2D eigenvalue weighted by molar-refractivity contribution is -0.145. The second-order valence-corrected chi connectivity index (χ2v) is 11.8. The van der Waals surface area contributed by atoms with Crippen LogP contribution in [0.15, 0.2) is 35.5 Å². The van der Waals surface area contributed by atoms with Crippen molar-refractivity contribution in [1.29, 1.82) is 0 Å². The molecule has 0 bridgehead atoms. The first-order valence-electron chi connectivity index (χ1n) is 12.6.